The van der Waals surface area contributed by atoms with E-state index >= 15 is 0 Å². The van der Waals surface area contributed by atoms with Crippen molar-refractivity contribution >= 4 is 17.6 Å². The van der Waals surface area contributed by atoms with Crippen molar-refractivity contribution in [2.75, 3.05) is 12.4 Å². The molecule has 1 aromatic heterocycles. The Bertz CT molecular complexity index is 745. The van der Waals surface area contributed by atoms with E-state index in [1.807, 2.05) is 0 Å². The summed E-state index contributed by atoms with van der Waals surface area (Å²) in [5.41, 5.74) is 0.236. The molecule has 0 fully saturated rings. The van der Waals surface area contributed by atoms with Crippen LogP contribution >= 0.6 is 0 Å². The molecule has 6 nitrogen and oxygen atoms in total. The van der Waals surface area contributed by atoms with Gasteiger partial charge in [-0.1, -0.05) is 6.07 Å². The molecular formula is C15H11F3N2O4. The summed E-state index contributed by atoms with van der Waals surface area (Å²) < 4.78 is 44.8. The van der Waals surface area contributed by atoms with E-state index in [0.717, 1.165) is 18.3 Å². The van der Waals surface area contributed by atoms with Gasteiger partial charge in [-0.25, -0.2) is 4.79 Å². The lowest BCUT2D eigenvalue weighted by molar-refractivity contribution is -0.274. The molecule has 0 spiro atoms. The molecule has 1 aromatic carbocycles. The number of alkyl halides is 3. The number of nitrogens with zero attached hydrogens (tertiary/aromatic N) is 1. The Morgan fingerprint density at radius 1 is 1.17 bits per heavy atom. The fourth-order valence-electron chi connectivity index (χ4n) is 1.73. The summed E-state index contributed by atoms with van der Waals surface area (Å²) in [4.78, 5) is 27.1. The van der Waals surface area contributed by atoms with Crippen molar-refractivity contribution in [1.82, 2.24) is 4.98 Å². The van der Waals surface area contributed by atoms with Crippen molar-refractivity contribution < 1.29 is 32.2 Å². The Labute approximate surface area is 134 Å². The van der Waals surface area contributed by atoms with Crippen molar-refractivity contribution in [3.8, 4) is 5.75 Å². The minimum absolute atomic E-state index is 0.0233. The number of benzene rings is 1. The average Bonchev–Trinajstić information content (AvgIpc) is 2.53. The second-order valence-electron chi connectivity index (χ2n) is 4.45. The summed E-state index contributed by atoms with van der Waals surface area (Å²) in [5.74, 6) is -1.73. The Balaban J connectivity index is 2.09. The fraction of sp³-hybridized carbons (Fsp3) is 0.133. The molecule has 2 rings (SSSR count). The van der Waals surface area contributed by atoms with Crippen LogP contribution in [0.25, 0.3) is 0 Å². The highest BCUT2D eigenvalue weighted by Gasteiger charge is 2.31. The zero-order valence-electron chi connectivity index (χ0n) is 12.3. The quantitative estimate of drug-likeness (QED) is 0.866. The van der Waals surface area contributed by atoms with E-state index in [-0.39, 0.29) is 16.9 Å². The Hall–Kier alpha value is -3.10. The summed E-state index contributed by atoms with van der Waals surface area (Å²) in [7, 11) is 1.21. The third kappa shape index (κ3) is 4.70. The lowest BCUT2D eigenvalue weighted by Gasteiger charge is -2.10. The van der Waals surface area contributed by atoms with E-state index < -0.39 is 24.0 Å². The van der Waals surface area contributed by atoms with Crippen LogP contribution in [0.3, 0.4) is 0 Å². The second-order valence-corrected chi connectivity index (χ2v) is 4.45. The molecule has 24 heavy (non-hydrogen) atoms. The van der Waals surface area contributed by atoms with Gasteiger partial charge in [-0.15, -0.1) is 13.2 Å². The molecule has 2 aromatic rings. The van der Waals surface area contributed by atoms with Crippen molar-refractivity contribution in [2.45, 2.75) is 6.36 Å². The number of esters is 1. The van der Waals surface area contributed by atoms with Crippen LogP contribution < -0.4 is 10.1 Å². The largest absolute Gasteiger partial charge is 0.573 e. The van der Waals surface area contributed by atoms with Gasteiger partial charge in [0.1, 0.15) is 11.4 Å². The number of carbonyl (C=O) groups excluding carboxylic acids is 2. The van der Waals surface area contributed by atoms with Crippen molar-refractivity contribution in [3.63, 3.8) is 0 Å². The van der Waals surface area contributed by atoms with Crippen LogP contribution in [0, 0.1) is 0 Å². The number of pyridine rings is 1. The van der Waals surface area contributed by atoms with E-state index in [1.54, 1.807) is 0 Å². The minimum Gasteiger partial charge on any atom is -0.465 e. The van der Waals surface area contributed by atoms with Gasteiger partial charge in [0.05, 0.1) is 12.7 Å². The summed E-state index contributed by atoms with van der Waals surface area (Å²) in [6.45, 7) is 0. The molecule has 0 atom stereocenters. The highest BCUT2D eigenvalue weighted by Crippen LogP contribution is 2.25. The van der Waals surface area contributed by atoms with Crippen LogP contribution in [0.5, 0.6) is 5.75 Å². The maximum Gasteiger partial charge on any atom is 0.573 e. The first-order valence-corrected chi connectivity index (χ1v) is 6.50. The maximum atomic E-state index is 12.2. The zero-order valence-corrected chi connectivity index (χ0v) is 12.3. The Morgan fingerprint density at radius 3 is 2.50 bits per heavy atom. The van der Waals surface area contributed by atoms with Crippen molar-refractivity contribution in [2.24, 2.45) is 0 Å². The van der Waals surface area contributed by atoms with Crippen molar-refractivity contribution in [3.05, 3.63) is 53.9 Å². The van der Waals surface area contributed by atoms with Gasteiger partial charge in [-0.05, 0) is 24.3 Å². The first kappa shape index (κ1) is 17.3. The van der Waals surface area contributed by atoms with Gasteiger partial charge in [0.2, 0.25) is 0 Å². The third-order valence-electron chi connectivity index (χ3n) is 2.74. The van der Waals surface area contributed by atoms with E-state index in [4.69, 9.17) is 0 Å². The van der Waals surface area contributed by atoms with Gasteiger partial charge >= 0.3 is 12.3 Å². The zero-order chi connectivity index (χ0) is 17.7. The highest BCUT2D eigenvalue weighted by molar-refractivity contribution is 6.03. The fourth-order valence-corrected chi connectivity index (χ4v) is 1.73. The van der Waals surface area contributed by atoms with Gasteiger partial charge in [-0.2, -0.15) is 0 Å². The molecule has 0 unspecified atom stereocenters. The smallest absolute Gasteiger partial charge is 0.465 e. The van der Waals surface area contributed by atoms with E-state index in [2.05, 4.69) is 19.8 Å². The average molecular weight is 340 g/mol. The molecule has 0 saturated carbocycles. The van der Waals surface area contributed by atoms with Crippen LogP contribution in [-0.4, -0.2) is 30.3 Å². The Morgan fingerprint density at radius 2 is 1.92 bits per heavy atom. The third-order valence-corrected chi connectivity index (χ3v) is 2.74. The van der Waals surface area contributed by atoms with E-state index in [9.17, 15) is 22.8 Å². The van der Waals surface area contributed by atoms with Crippen LogP contribution in [0.4, 0.5) is 18.9 Å². The highest BCUT2D eigenvalue weighted by atomic mass is 19.4. The summed E-state index contributed by atoms with van der Waals surface area (Å²) in [6.07, 6.45) is -3.67. The van der Waals surface area contributed by atoms with Crippen LogP contribution in [-0.2, 0) is 4.74 Å². The molecule has 1 amide bonds. The standard InChI is InChI=1S/C15H11F3N2O4/c1-23-14(22)9-5-6-12(19-8-9)13(21)20-10-3-2-4-11(7-10)24-15(16,17)18/h2-8H,1H3,(H,20,21). The number of rotatable bonds is 4. The predicted octanol–water partition coefficient (Wildman–Crippen LogP) is 3.02. The van der Waals surface area contributed by atoms with Crippen molar-refractivity contribution in [1.29, 1.82) is 0 Å². The number of ether oxygens (including phenoxy) is 2. The molecule has 0 saturated heterocycles. The molecule has 1 heterocycles. The number of halogens is 3. The number of hydrogen-bond acceptors (Lipinski definition) is 5. The van der Waals surface area contributed by atoms with Gasteiger partial charge in [0.15, 0.2) is 0 Å². The number of anilines is 1. The molecule has 0 radical (unpaired) electrons. The molecule has 0 aliphatic carbocycles. The summed E-state index contributed by atoms with van der Waals surface area (Å²) >= 11 is 0. The lowest BCUT2D eigenvalue weighted by Crippen LogP contribution is -2.18. The minimum atomic E-state index is -4.83. The van der Waals surface area contributed by atoms with Crippen LogP contribution in [0.1, 0.15) is 20.8 Å². The van der Waals surface area contributed by atoms with Gasteiger partial charge in [0.25, 0.3) is 5.91 Å². The van der Waals surface area contributed by atoms with E-state index in [0.29, 0.717) is 0 Å². The number of hydrogen-bond donors (Lipinski definition) is 1. The predicted molar refractivity (Wildman–Crippen MR) is 76.7 cm³/mol. The number of nitrogens with one attached hydrogen (secondary N) is 1. The number of carbonyl (C=O) groups is 2. The van der Waals surface area contributed by atoms with E-state index in [1.165, 1.54) is 31.4 Å². The monoisotopic (exact) mass is 340 g/mol. The van der Waals surface area contributed by atoms with Gasteiger partial charge in [-0.3, -0.25) is 9.78 Å². The number of aromatic nitrogens is 1. The molecule has 0 bridgehead atoms. The normalized spacial score (nSPS) is 10.8. The number of amides is 1. The summed E-state index contributed by atoms with van der Waals surface area (Å²) in [5, 5.41) is 2.38. The SMILES string of the molecule is COC(=O)c1ccc(C(=O)Nc2cccc(OC(F)(F)F)c2)nc1. The molecule has 0 aliphatic heterocycles. The van der Waals surface area contributed by atoms with Crippen LogP contribution in [0.2, 0.25) is 0 Å². The van der Waals surface area contributed by atoms with Gasteiger partial charge < -0.3 is 14.8 Å². The first-order chi connectivity index (χ1) is 11.3. The maximum absolute atomic E-state index is 12.2. The molecule has 1 N–H and O–H groups in total. The first-order valence-electron chi connectivity index (χ1n) is 6.50. The van der Waals surface area contributed by atoms with Gasteiger partial charge in [0, 0.05) is 18.0 Å². The lowest BCUT2D eigenvalue weighted by atomic mass is 10.2. The molecule has 9 heteroatoms. The molecule has 0 aliphatic rings. The second kappa shape index (κ2) is 6.99. The topological polar surface area (TPSA) is 77.5 Å². The number of methoxy groups -OCH3 is 1. The molecule has 126 valence electrons. The van der Waals surface area contributed by atoms with Crippen LogP contribution in [0.15, 0.2) is 42.6 Å². The Kier molecular flexibility index (Phi) is 5.02. The summed E-state index contributed by atoms with van der Waals surface area (Å²) in [6, 6.07) is 7.45. The molecular weight excluding hydrogens is 329 g/mol.